The molecule has 164 valence electrons. The Morgan fingerprint density at radius 2 is 1.97 bits per heavy atom. The summed E-state index contributed by atoms with van der Waals surface area (Å²) in [6.45, 7) is 0.702. The minimum absolute atomic E-state index is 0.0111. The molecule has 0 unspecified atom stereocenters. The predicted octanol–water partition coefficient (Wildman–Crippen LogP) is 1.71. The average molecular weight is 460 g/mol. The van der Waals surface area contributed by atoms with Crippen LogP contribution in [0.5, 0.6) is 11.5 Å². The van der Waals surface area contributed by atoms with E-state index in [-0.39, 0.29) is 31.0 Å². The Balaban J connectivity index is 0.000000806. The zero-order chi connectivity index (χ0) is 21.9. The van der Waals surface area contributed by atoms with Crippen LogP contribution in [0.3, 0.4) is 0 Å². The molecular formula is C18H22ClN3O7S. The van der Waals surface area contributed by atoms with Gasteiger partial charge in [0.2, 0.25) is 16.8 Å². The highest BCUT2D eigenvalue weighted by atomic mass is 35.5. The number of rotatable bonds is 5. The lowest BCUT2D eigenvalue weighted by Gasteiger charge is -2.23. The van der Waals surface area contributed by atoms with E-state index in [2.05, 4.69) is 4.98 Å². The Hall–Kier alpha value is -2.34. The molecule has 2 atom stereocenters. The maximum atomic E-state index is 12.3. The lowest BCUT2D eigenvalue weighted by Crippen LogP contribution is -2.32. The van der Waals surface area contributed by atoms with Crippen molar-refractivity contribution in [3.05, 3.63) is 29.5 Å². The Bertz CT molecular complexity index is 1010. The molecule has 0 spiro atoms. The quantitative estimate of drug-likeness (QED) is 0.671. The Morgan fingerprint density at radius 1 is 1.30 bits per heavy atom. The number of hydrogen-bond acceptors (Lipinski definition) is 7. The molecule has 0 bridgehead atoms. The van der Waals surface area contributed by atoms with Crippen LogP contribution in [0.2, 0.25) is 5.02 Å². The lowest BCUT2D eigenvalue weighted by atomic mass is 10.1. The highest BCUT2D eigenvalue weighted by molar-refractivity contribution is 7.89. The summed E-state index contributed by atoms with van der Waals surface area (Å²) in [4.78, 5) is 12.8. The normalized spacial score (nSPS) is 20.1. The number of ether oxygens (including phenoxy) is 3. The SMILES string of the molecule is CN(C)S(=O)(=O)C[C@@H]1COC[C@H]1n1ccnc1-c1cc2c(cc1Cl)OCO2.O=CO. The monoisotopic (exact) mass is 459 g/mol. The van der Waals surface area contributed by atoms with Crippen LogP contribution in [0.1, 0.15) is 6.04 Å². The number of carbonyl (C=O) groups is 1. The molecule has 1 aromatic heterocycles. The second kappa shape index (κ2) is 9.21. The van der Waals surface area contributed by atoms with Gasteiger partial charge < -0.3 is 23.9 Å². The second-order valence-corrected chi connectivity index (χ2v) is 9.51. The van der Waals surface area contributed by atoms with Gasteiger partial charge in [-0.1, -0.05) is 11.6 Å². The van der Waals surface area contributed by atoms with Crippen molar-refractivity contribution in [2.45, 2.75) is 6.04 Å². The molecule has 1 fully saturated rings. The Morgan fingerprint density at radius 3 is 2.63 bits per heavy atom. The molecule has 4 rings (SSSR count). The van der Waals surface area contributed by atoms with Crippen LogP contribution >= 0.6 is 11.6 Å². The Labute approximate surface area is 179 Å². The topological polar surface area (TPSA) is 120 Å². The smallest absolute Gasteiger partial charge is 0.290 e. The summed E-state index contributed by atoms with van der Waals surface area (Å²) in [7, 11) is -0.269. The van der Waals surface area contributed by atoms with E-state index < -0.39 is 10.0 Å². The first-order valence-electron chi connectivity index (χ1n) is 8.96. The van der Waals surface area contributed by atoms with Gasteiger partial charge in [-0.15, -0.1) is 0 Å². The van der Waals surface area contributed by atoms with Gasteiger partial charge in [-0.05, 0) is 6.07 Å². The van der Waals surface area contributed by atoms with Crippen LogP contribution in [0, 0.1) is 5.92 Å². The van der Waals surface area contributed by atoms with Gasteiger partial charge in [0, 0.05) is 44.0 Å². The fourth-order valence-corrected chi connectivity index (χ4v) is 4.75. The second-order valence-electron chi connectivity index (χ2n) is 6.87. The first kappa shape index (κ1) is 22.3. The molecule has 30 heavy (non-hydrogen) atoms. The van der Waals surface area contributed by atoms with Crippen molar-refractivity contribution in [3.8, 4) is 22.9 Å². The van der Waals surface area contributed by atoms with Crippen LogP contribution in [-0.4, -0.2) is 73.7 Å². The van der Waals surface area contributed by atoms with E-state index in [0.29, 0.717) is 41.1 Å². The molecule has 0 saturated carbocycles. The number of benzene rings is 1. The first-order chi connectivity index (χ1) is 14.3. The molecule has 10 nitrogen and oxygen atoms in total. The van der Waals surface area contributed by atoms with Gasteiger partial charge >= 0.3 is 0 Å². The number of fused-ring (bicyclic) bond motifs is 1. The number of nitrogens with zero attached hydrogens (tertiary/aromatic N) is 3. The highest BCUT2D eigenvalue weighted by Crippen LogP contribution is 2.41. The minimum atomic E-state index is -3.34. The summed E-state index contributed by atoms with van der Waals surface area (Å²) in [6, 6.07) is 3.35. The van der Waals surface area contributed by atoms with Crippen molar-refractivity contribution in [1.82, 2.24) is 13.9 Å². The zero-order valence-corrected chi connectivity index (χ0v) is 18.0. The number of carboxylic acid groups (broad SMARTS) is 1. The number of aromatic nitrogens is 2. The van der Waals surface area contributed by atoms with Crippen molar-refractivity contribution in [2.75, 3.05) is 39.9 Å². The van der Waals surface area contributed by atoms with Gasteiger partial charge in [0.1, 0.15) is 5.82 Å². The van der Waals surface area contributed by atoms with Crippen LogP contribution in [0.15, 0.2) is 24.5 Å². The van der Waals surface area contributed by atoms with Gasteiger partial charge in [-0.25, -0.2) is 17.7 Å². The maximum absolute atomic E-state index is 12.3. The number of halogens is 1. The van der Waals surface area contributed by atoms with E-state index in [1.807, 2.05) is 10.8 Å². The molecule has 2 aliphatic heterocycles. The molecule has 1 aromatic carbocycles. The molecule has 1 N–H and O–H groups in total. The predicted molar refractivity (Wildman–Crippen MR) is 108 cm³/mol. The standard InChI is InChI=1S/C17H20ClN3O5S.CH2O2/c1-20(2)27(22,23)9-11-7-24-8-14(11)21-4-3-19-17(21)12-5-15-16(6-13(12)18)26-10-25-15;2-1-3/h3-6,11,14H,7-10H2,1-2H3;1H,(H,2,3)/t11-,14+;/m0./s1. The van der Waals surface area contributed by atoms with Crippen molar-refractivity contribution < 1.29 is 32.5 Å². The fourth-order valence-electron chi connectivity index (χ4n) is 3.35. The van der Waals surface area contributed by atoms with Gasteiger partial charge in [0.25, 0.3) is 6.47 Å². The van der Waals surface area contributed by atoms with E-state index in [1.54, 1.807) is 18.3 Å². The number of hydrogen-bond donors (Lipinski definition) is 1. The van der Waals surface area contributed by atoms with Gasteiger partial charge in [0.15, 0.2) is 11.5 Å². The maximum Gasteiger partial charge on any atom is 0.290 e. The summed E-state index contributed by atoms with van der Waals surface area (Å²) < 4.78 is 44.2. The summed E-state index contributed by atoms with van der Waals surface area (Å²) in [5.74, 6) is 1.68. The minimum Gasteiger partial charge on any atom is -0.483 e. The third-order valence-electron chi connectivity index (χ3n) is 4.87. The summed E-state index contributed by atoms with van der Waals surface area (Å²) in [5.41, 5.74) is 0.701. The van der Waals surface area contributed by atoms with Crippen molar-refractivity contribution in [2.24, 2.45) is 5.92 Å². The van der Waals surface area contributed by atoms with E-state index >= 15 is 0 Å². The van der Waals surface area contributed by atoms with E-state index in [4.69, 9.17) is 35.7 Å². The van der Waals surface area contributed by atoms with Crippen molar-refractivity contribution in [1.29, 1.82) is 0 Å². The molecular weight excluding hydrogens is 438 g/mol. The van der Waals surface area contributed by atoms with Crippen molar-refractivity contribution in [3.63, 3.8) is 0 Å². The highest BCUT2D eigenvalue weighted by Gasteiger charge is 2.35. The fraction of sp³-hybridized carbons (Fsp3) is 0.444. The van der Waals surface area contributed by atoms with Crippen LogP contribution in [-0.2, 0) is 19.6 Å². The largest absolute Gasteiger partial charge is 0.483 e. The van der Waals surface area contributed by atoms with Gasteiger partial charge in [-0.3, -0.25) is 4.79 Å². The third-order valence-corrected chi connectivity index (χ3v) is 7.15. The molecule has 2 aromatic rings. The summed E-state index contributed by atoms with van der Waals surface area (Å²) >= 11 is 6.44. The lowest BCUT2D eigenvalue weighted by molar-refractivity contribution is -0.122. The van der Waals surface area contributed by atoms with E-state index in [9.17, 15) is 8.42 Å². The molecule has 1 saturated heterocycles. The summed E-state index contributed by atoms with van der Waals surface area (Å²) in [5, 5.41) is 7.38. The Kier molecular flexibility index (Phi) is 6.86. The van der Waals surface area contributed by atoms with Crippen LogP contribution in [0.25, 0.3) is 11.4 Å². The molecule has 0 radical (unpaired) electrons. The van der Waals surface area contributed by atoms with Crippen LogP contribution < -0.4 is 9.47 Å². The first-order valence-corrected chi connectivity index (χ1v) is 10.9. The molecule has 2 aliphatic rings. The number of imidazole rings is 1. The molecule has 3 heterocycles. The molecule has 0 aliphatic carbocycles. The third kappa shape index (κ3) is 4.53. The number of sulfonamides is 1. The van der Waals surface area contributed by atoms with E-state index in [1.165, 1.54) is 18.4 Å². The van der Waals surface area contributed by atoms with E-state index in [0.717, 1.165) is 0 Å². The van der Waals surface area contributed by atoms with Crippen molar-refractivity contribution >= 4 is 28.1 Å². The summed E-state index contributed by atoms with van der Waals surface area (Å²) in [6.07, 6.45) is 3.50. The molecule has 12 heteroatoms. The molecule has 0 amide bonds. The van der Waals surface area contributed by atoms with Gasteiger partial charge in [-0.2, -0.15) is 0 Å². The average Bonchev–Trinajstić information content (AvgIpc) is 3.40. The van der Waals surface area contributed by atoms with Crippen LogP contribution in [0.4, 0.5) is 0 Å². The van der Waals surface area contributed by atoms with Gasteiger partial charge in [0.05, 0.1) is 30.0 Å². The zero-order valence-electron chi connectivity index (χ0n) is 16.4.